The van der Waals surface area contributed by atoms with Gasteiger partial charge in [0.2, 0.25) is 0 Å². The number of aliphatic hydroxyl groups is 1. The van der Waals surface area contributed by atoms with Gasteiger partial charge in [0.25, 0.3) is 0 Å². The van der Waals surface area contributed by atoms with E-state index in [1.807, 2.05) is 18.5 Å². The number of rotatable bonds is 6. The largest absolute Gasteiger partial charge is 0.395 e. The highest BCUT2D eigenvalue weighted by molar-refractivity contribution is 5.69. The van der Waals surface area contributed by atoms with Gasteiger partial charge in [-0.25, -0.2) is 0 Å². The number of benzene rings is 2. The first-order valence-electron chi connectivity index (χ1n) is 12.1. The van der Waals surface area contributed by atoms with Crippen molar-refractivity contribution in [2.24, 2.45) is 0 Å². The molecule has 2 saturated heterocycles. The fourth-order valence-corrected chi connectivity index (χ4v) is 5.49. The van der Waals surface area contributed by atoms with E-state index in [2.05, 4.69) is 87.6 Å². The fourth-order valence-electron chi connectivity index (χ4n) is 5.49. The lowest BCUT2D eigenvalue weighted by Gasteiger charge is -2.57. The summed E-state index contributed by atoms with van der Waals surface area (Å²) in [6.45, 7) is 4.45. The SMILES string of the molecule is OC[C@H]1[C@@H](c2ccc(/C=C/c3ccccc3)cc2)[C@H]2CN(Cc3ccncc3)CCCCN21. The number of pyridine rings is 1. The van der Waals surface area contributed by atoms with E-state index in [9.17, 15) is 5.11 Å². The van der Waals surface area contributed by atoms with Crippen molar-refractivity contribution in [1.82, 2.24) is 14.8 Å². The zero-order chi connectivity index (χ0) is 22.5. The number of hydrogen-bond acceptors (Lipinski definition) is 4. The minimum atomic E-state index is 0.223. The van der Waals surface area contributed by atoms with Crippen LogP contribution in [0.4, 0.5) is 0 Å². The molecule has 33 heavy (non-hydrogen) atoms. The van der Waals surface area contributed by atoms with Gasteiger partial charge in [-0.05, 0) is 60.3 Å². The number of fused-ring (bicyclic) bond motifs is 1. The molecule has 0 bridgehead atoms. The number of hydrogen-bond donors (Lipinski definition) is 1. The molecule has 2 fully saturated rings. The van der Waals surface area contributed by atoms with E-state index in [0.29, 0.717) is 12.0 Å². The predicted octanol–water partition coefficient (Wildman–Crippen LogP) is 4.68. The van der Waals surface area contributed by atoms with E-state index in [1.165, 1.54) is 35.1 Å². The van der Waals surface area contributed by atoms with Crippen molar-refractivity contribution >= 4 is 12.2 Å². The molecule has 0 radical (unpaired) electrons. The molecule has 0 aliphatic carbocycles. The third-order valence-corrected chi connectivity index (χ3v) is 7.20. The Morgan fingerprint density at radius 3 is 2.27 bits per heavy atom. The van der Waals surface area contributed by atoms with E-state index in [0.717, 1.165) is 26.2 Å². The molecule has 170 valence electrons. The normalized spacial score (nSPS) is 24.1. The van der Waals surface area contributed by atoms with Crippen LogP contribution in [-0.4, -0.2) is 58.2 Å². The Hall–Kier alpha value is -2.79. The lowest BCUT2D eigenvalue weighted by molar-refractivity contribution is -0.0655. The number of aromatic nitrogens is 1. The van der Waals surface area contributed by atoms with E-state index in [4.69, 9.17) is 0 Å². The molecule has 5 rings (SSSR count). The van der Waals surface area contributed by atoms with Crippen LogP contribution in [0.15, 0.2) is 79.1 Å². The Bertz CT molecular complexity index is 1040. The van der Waals surface area contributed by atoms with Gasteiger partial charge >= 0.3 is 0 Å². The highest BCUT2D eigenvalue weighted by Crippen LogP contribution is 2.42. The van der Waals surface area contributed by atoms with Crippen LogP contribution in [0.5, 0.6) is 0 Å². The van der Waals surface area contributed by atoms with Gasteiger partial charge < -0.3 is 5.11 Å². The van der Waals surface area contributed by atoms with Crippen LogP contribution in [0.2, 0.25) is 0 Å². The highest BCUT2D eigenvalue weighted by atomic mass is 16.3. The van der Waals surface area contributed by atoms with Crippen LogP contribution in [0.25, 0.3) is 12.2 Å². The van der Waals surface area contributed by atoms with Crippen molar-refractivity contribution in [3.63, 3.8) is 0 Å². The summed E-state index contributed by atoms with van der Waals surface area (Å²) in [5, 5.41) is 10.2. The first kappa shape index (κ1) is 22.0. The quantitative estimate of drug-likeness (QED) is 0.566. The molecule has 0 saturated carbocycles. The van der Waals surface area contributed by atoms with Gasteiger partial charge in [-0.3, -0.25) is 14.8 Å². The summed E-state index contributed by atoms with van der Waals surface area (Å²) in [6, 6.07) is 24.3. The number of nitrogens with zero attached hydrogens (tertiary/aromatic N) is 3. The first-order valence-corrected chi connectivity index (χ1v) is 12.1. The summed E-state index contributed by atoms with van der Waals surface area (Å²) in [5.74, 6) is 0.375. The second-order valence-electron chi connectivity index (χ2n) is 9.29. The molecule has 0 spiro atoms. The summed E-state index contributed by atoms with van der Waals surface area (Å²) in [6.07, 6.45) is 10.5. The van der Waals surface area contributed by atoms with Crippen molar-refractivity contribution in [3.05, 3.63) is 101 Å². The van der Waals surface area contributed by atoms with Gasteiger partial charge in [-0.1, -0.05) is 66.7 Å². The second kappa shape index (κ2) is 10.4. The molecular weight excluding hydrogens is 406 g/mol. The van der Waals surface area contributed by atoms with E-state index < -0.39 is 0 Å². The molecule has 3 atom stereocenters. The van der Waals surface area contributed by atoms with Crippen molar-refractivity contribution < 1.29 is 5.11 Å². The van der Waals surface area contributed by atoms with E-state index in [1.54, 1.807) is 0 Å². The third kappa shape index (κ3) is 5.09. The highest BCUT2D eigenvalue weighted by Gasteiger charge is 2.48. The summed E-state index contributed by atoms with van der Waals surface area (Å²) >= 11 is 0. The second-order valence-corrected chi connectivity index (χ2v) is 9.29. The zero-order valence-corrected chi connectivity index (χ0v) is 19.1. The van der Waals surface area contributed by atoms with Gasteiger partial charge in [-0.15, -0.1) is 0 Å². The zero-order valence-electron chi connectivity index (χ0n) is 19.1. The molecule has 0 amide bonds. The van der Waals surface area contributed by atoms with Crippen molar-refractivity contribution in [1.29, 1.82) is 0 Å². The molecule has 1 aromatic heterocycles. The standard InChI is InChI=1S/C29H33N3O/c33-22-28-29(26-12-10-24(11-13-26)9-8-23-6-2-1-3-7-23)27-21-31(18-4-5-19-32(27)28)20-25-14-16-30-17-15-25/h1-3,6-17,27-29,33H,4-5,18-22H2/b9-8+/t27-,28+,29+/m1/s1. The van der Waals surface area contributed by atoms with Gasteiger partial charge in [-0.2, -0.15) is 0 Å². The molecule has 0 unspecified atom stereocenters. The third-order valence-electron chi connectivity index (χ3n) is 7.20. The van der Waals surface area contributed by atoms with E-state index in [-0.39, 0.29) is 12.6 Å². The summed E-state index contributed by atoms with van der Waals surface area (Å²) in [4.78, 5) is 9.30. The van der Waals surface area contributed by atoms with Gasteiger partial charge in [0.05, 0.1) is 6.61 Å². The van der Waals surface area contributed by atoms with Crippen LogP contribution < -0.4 is 0 Å². The monoisotopic (exact) mass is 439 g/mol. The minimum Gasteiger partial charge on any atom is -0.395 e. The van der Waals surface area contributed by atoms with Crippen LogP contribution in [0.1, 0.15) is 41.0 Å². The Morgan fingerprint density at radius 1 is 0.848 bits per heavy atom. The van der Waals surface area contributed by atoms with Crippen LogP contribution >= 0.6 is 0 Å². The average Bonchev–Trinajstić information content (AvgIpc) is 2.85. The Balaban J connectivity index is 1.31. The van der Waals surface area contributed by atoms with Gasteiger partial charge in [0, 0.05) is 43.5 Å². The molecule has 1 N–H and O–H groups in total. The maximum atomic E-state index is 10.2. The van der Waals surface area contributed by atoms with Crippen LogP contribution in [-0.2, 0) is 6.54 Å². The maximum absolute atomic E-state index is 10.2. The van der Waals surface area contributed by atoms with Gasteiger partial charge in [0.15, 0.2) is 0 Å². The van der Waals surface area contributed by atoms with E-state index >= 15 is 0 Å². The Labute approximate surface area is 197 Å². The molecule has 2 aromatic carbocycles. The van der Waals surface area contributed by atoms with Crippen molar-refractivity contribution in [3.8, 4) is 0 Å². The van der Waals surface area contributed by atoms with Crippen molar-refractivity contribution in [2.75, 3.05) is 26.2 Å². The topological polar surface area (TPSA) is 39.6 Å². The summed E-state index contributed by atoms with van der Waals surface area (Å²) in [5.41, 5.74) is 5.08. The van der Waals surface area contributed by atoms with Crippen LogP contribution in [0, 0.1) is 0 Å². The maximum Gasteiger partial charge on any atom is 0.0593 e. The molecule has 3 aromatic rings. The Morgan fingerprint density at radius 2 is 1.55 bits per heavy atom. The smallest absolute Gasteiger partial charge is 0.0593 e. The predicted molar refractivity (Wildman–Crippen MR) is 135 cm³/mol. The molecule has 2 aliphatic rings. The van der Waals surface area contributed by atoms with Crippen LogP contribution in [0.3, 0.4) is 0 Å². The summed E-state index contributed by atoms with van der Waals surface area (Å²) < 4.78 is 0. The molecule has 4 heteroatoms. The number of aliphatic hydroxyl groups excluding tert-OH is 1. The first-order chi connectivity index (χ1) is 16.3. The lowest BCUT2D eigenvalue weighted by Crippen LogP contribution is -2.67. The van der Waals surface area contributed by atoms with Gasteiger partial charge in [0.1, 0.15) is 0 Å². The molecule has 4 nitrogen and oxygen atoms in total. The van der Waals surface area contributed by atoms with Crippen molar-refractivity contribution in [2.45, 2.75) is 37.4 Å². The average molecular weight is 440 g/mol. The molecule has 3 heterocycles. The minimum absolute atomic E-state index is 0.223. The molecule has 2 aliphatic heterocycles. The molecular formula is C29H33N3O. The summed E-state index contributed by atoms with van der Waals surface area (Å²) in [7, 11) is 0. The lowest BCUT2D eigenvalue weighted by atomic mass is 9.74. The Kier molecular flexibility index (Phi) is 6.96. The fraction of sp³-hybridized carbons (Fsp3) is 0.345.